The van der Waals surface area contributed by atoms with E-state index in [2.05, 4.69) is 0 Å². The first-order valence-electron chi connectivity index (χ1n) is 3.63. The quantitative estimate of drug-likeness (QED) is 0.379. The molecular formula is C8H10N2O3. The van der Waals surface area contributed by atoms with Crippen LogP contribution in [0.3, 0.4) is 0 Å². The summed E-state index contributed by atoms with van der Waals surface area (Å²) in [5.41, 5.74) is 7.41. The molecule has 0 bridgehead atoms. The molecule has 1 amide bonds. The Morgan fingerprint density at radius 3 is 2.38 bits per heavy atom. The van der Waals surface area contributed by atoms with Crippen LogP contribution in [0.1, 0.15) is 11.6 Å². The molecule has 13 heavy (non-hydrogen) atoms. The van der Waals surface area contributed by atoms with E-state index in [-0.39, 0.29) is 5.75 Å². The lowest BCUT2D eigenvalue weighted by molar-refractivity contribution is -0.130. The van der Waals surface area contributed by atoms with Crippen molar-refractivity contribution >= 4 is 5.91 Å². The van der Waals surface area contributed by atoms with Gasteiger partial charge >= 0.3 is 0 Å². The van der Waals surface area contributed by atoms with Gasteiger partial charge in [0.05, 0.1) is 0 Å². The molecule has 0 spiro atoms. The van der Waals surface area contributed by atoms with Gasteiger partial charge in [-0.3, -0.25) is 10.0 Å². The van der Waals surface area contributed by atoms with Gasteiger partial charge in [-0.25, -0.2) is 5.48 Å². The second-order valence-electron chi connectivity index (χ2n) is 2.55. The average molecular weight is 182 g/mol. The third kappa shape index (κ3) is 2.17. The van der Waals surface area contributed by atoms with Crippen molar-refractivity contribution in [3.63, 3.8) is 0 Å². The molecule has 1 aromatic carbocycles. The van der Waals surface area contributed by atoms with Crippen molar-refractivity contribution in [1.82, 2.24) is 5.48 Å². The van der Waals surface area contributed by atoms with Gasteiger partial charge < -0.3 is 10.8 Å². The summed E-state index contributed by atoms with van der Waals surface area (Å²) in [6.07, 6.45) is 0. The summed E-state index contributed by atoms with van der Waals surface area (Å²) in [4.78, 5) is 10.8. The van der Waals surface area contributed by atoms with Gasteiger partial charge in [0.1, 0.15) is 11.8 Å². The minimum absolute atomic E-state index is 0.0976. The summed E-state index contributed by atoms with van der Waals surface area (Å²) in [6.45, 7) is 0. The van der Waals surface area contributed by atoms with E-state index in [0.29, 0.717) is 5.56 Å². The van der Waals surface area contributed by atoms with Crippen molar-refractivity contribution in [2.75, 3.05) is 0 Å². The van der Waals surface area contributed by atoms with Crippen LogP contribution in [0.2, 0.25) is 0 Å². The number of aromatic hydroxyl groups is 1. The lowest BCUT2D eigenvalue weighted by Gasteiger charge is -2.08. The number of carbonyl (C=O) groups excluding carboxylic acids is 1. The van der Waals surface area contributed by atoms with E-state index in [9.17, 15) is 4.79 Å². The van der Waals surface area contributed by atoms with Gasteiger partial charge in [-0.05, 0) is 17.7 Å². The summed E-state index contributed by atoms with van der Waals surface area (Å²) < 4.78 is 0. The fourth-order valence-electron chi connectivity index (χ4n) is 0.903. The van der Waals surface area contributed by atoms with Crippen LogP contribution in [0.15, 0.2) is 24.3 Å². The van der Waals surface area contributed by atoms with Crippen LogP contribution < -0.4 is 11.2 Å². The minimum Gasteiger partial charge on any atom is -0.508 e. The first kappa shape index (κ1) is 9.50. The maximum atomic E-state index is 10.8. The molecule has 5 N–H and O–H groups in total. The van der Waals surface area contributed by atoms with E-state index >= 15 is 0 Å². The molecule has 0 aliphatic rings. The monoisotopic (exact) mass is 182 g/mol. The molecule has 0 unspecified atom stereocenters. The summed E-state index contributed by atoms with van der Waals surface area (Å²) in [5, 5.41) is 17.2. The number of phenolic OH excluding ortho intramolecular Hbond substituents is 1. The van der Waals surface area contributed by atoms with Crippen molar-refractivity contribution in [2.24, 2.45) is 5.73 Å². The zero-order chi connectivity index (χ0) is 9.84. The highest BCUT2D eigenvalue weighted by molar-refractivity contribution is 5.81. The molecule has 1 aromatic rings. The highest BCUT2D eigenvalue weighted by Crippen LogP contribution is 2.14. The van der Waals surface area contributed by atoms with Gasteiger partial charge in [0, 0.05) is 0 Å². The van der Waals surface area contributed by atoms with Gasteiger partial charge in [0.15, 0.2) is 0 Å². The van der Waals surface area contributed by atoms with Crippen LogP contribution >= 0.6 is 0 Å². The lowest BCUT2D eigenvalue weighted by Crippen LogP contribution is -2.31. The molecule has 5 heteroatoms. The van der Waals surface area contributed by atoms with Gasteiger partial charge in [0.25, 0.3) is 5.91 Å². The van der Waals surface area contributed by atoms with E-state index in [4.69, 9.17) is 16.0 Å². The largest absolute Gasteiger partial charge is 0.508 e. The number of hydrogen-bond donors (Lipinski definition) is 4. The standard InChI is InChI=1S/C8H10N2O3/c9-7(8(12)10-13)5-1-3-6(11)4-2-5/h1-4,7,11,13H,9H2,(H,10,12)/t7-/m0/s1. The lowest BCUT2D eigenvalue weighted by atomic mass is 10.1. The number of hydroxylamine groups is 1. The van der Waals surface area contributed by atoms with E-state index < -0.39 is 11.9 Å². The first-order valence-corrected chi connectivity index (χ1v) is 3.63. The SMILES string of the molecule is N[C@H](C(=O)NO)c1ccc(O)cc1. The molecule has 0 aliphatic heterocycles. The van der Waals surface area contributed by atoms with E-state index in [1.807, 2.05) is 0 Å². The molecule has 0 heterocycles. The maximum Gasteiger partial charge on any atom is 0.264 e. The molecular weight excluding hydrogens is 172 g/mol. The fourth-order valence-corrected chi connectivity index (χ4v) is 0.903. The first-order chi connectivity index (χ1) is 6.15. The van der Waals surface area contributed by atoms with Gasteiger partial charge in [-0.2, -0.15) is 0 Å². The zero-order valence-corrected chi connectivity index (χ0v) is 6.77. The number of carbonyl (C=O) groups is 1. The number of amides is 1. The Labute approximate surface area is 74.8 Å². The second kappa shape index (κ2) is 3.88. The predicted molar refractivity (Wildman–Crippen MR) is 45.0 cm³/mol. The molecule has 0 aliphatic carbocycles. The van der Waals surface area contributed by atoms with E-state index in [1.165, 1.54) is 29.7 Å². The minimum atomic E-state index is -0.925. The van der Waals surface area contributed by atoms with Crippen LogP contribution in [0.25, 0.3) is 0 Å². The predicted octanol–water partition coefficient (Wildman–Crippen LogP) is -0.103. The number of nitrogens with one attached hydrogen (secondary N) is 1. The van der Waals surface area contributed by atoms with Crippen LogP contribution in [-0.4, -0.2) is 16.2 Å². The Morgan fingerprint density at radius 1 is 1.38 bits per heavy atom. The normalized spacial score (nSPS) is 12.2. The number of rotatable bonds is 2. The Bertz CT molecular complexity index is 297. The molecule has 5 nitrogen and oxygen atoms in total. The Morgan fingerprint density at radius 2 is 1.92 bits per heavy atom. The molecule has 0 fully saturated rings. The van der Waals surface area contributed by atoms with Crippen molar-refractivity contribution < 1.29 is 15.1 Å². The third-order valence-electron chi connectivity index (χ3n) is 1.64. The summed E-state index contributed by atoms with van der Waals surface area (Å²) >= 11 is 0. The number of nitrogens with two attached hydrogens (primary N) is 1. The Hall–Kier alpha value is -1.59. The second-order valence-corrected chi connectivity index (χ2v) is 2.55. The summed E-state index contributed by atoms with van der Waals surface area (Å²) in [6, 6.07) is 4.93. The smallest absolute Gasteiger partial charge is 0.264 e. The molecule has 0 saturated carbocycles. The van der Waals surface area contributed by atoms with Crippen molar-refractivity contribution in [3.8, 4) is 5.75 Å². The van der Waals surface area contributed by atoms with Gasteiger partial charge in [-0.15, -0.1) is 0 Å². The van der Waals surface area contributed by atoms with Crippen molar-refractivity contribution in [2.45, 2.75) is 6.04 Å². The molecule has 1 atom stereocenters. The third-order valence-corrected chi connectivity index (χ3v) is 1.64. The molecule has 0 aromatic heterocycles. The van der Waals surface area contributed by atoms with E-state index in [0.717, 1.165) is 0 Å². The Balaban J connectivity index is 2.83. The average Bonchev–Trinajstić information content (AvgIpc) is 2.17. The molecule has 1 rings (SSSR count). The summed E-state index contributed by atoms with van der Waals surface area (Å²) in [7, 11) is 0. The highest BCUT2D eigenvalue weighted by atomic mass is 16.5. The molecule has 0 saturated heterocycles. The number of benzene rings is 1. The van der Waals surface area contributed by atoms with Crippen LogP contribution in [0.5, 0.6) is 5.75 Å². The number of hydrogen-bond acceptors (Lipinski definition) is 4. The van der Waals surface area contributed by atoms with E-state index in [1.54, 1.807) is 0 Å². The van der Waals surface area contributed by atoms with Gasteiger partial charge in [0.2, 0.25) is 0 Å². The van der Waals surface area contributed by atoms with Crippen LogP contribution in [-0.2, 0) is 4.79 Å². The highest BCUT2D eigenvalue weighted by Gasteiger charge is 2.14. The fraction of sp³-hybridized carbons (Fsp3) is 0.125. The maximum absolute atomic E-state index is 10.8. The molecule has 0 radical (unpaired) electrons. The zero-order valence-electron chi connectivity index (χ0n) is 6.77. The van der Waals surface area contributed by atoms with Crippen molar-refractivity contribution in [1.29, 1.82) is 0 Å². The van der Waals surface area contributed by atoms with Crippen LogP contribution in [0.4, 0.5) is 0 Å². The summed E-state index contributed by atoms with van der Waals surface area (Å²) in [5.74, 6) is -0.592. The van der Waals surface area contributed by atoms with Crippen molar-refractivity contribution in [3.05, 3.63) is 29.8 Å². The molecule has 70 valence electrons. The topological polar surface area (TPSA) is 95.6 Å². The Kier molecular flexibility index (Phi) is 2.84. The number of phenols is 1. The van der Waals surface area contributed by atoms with Crippen LogP contribution in [0, 0.1) is 0 Å². The van der Waals surface area contributed by atoms with Gasteiger partial charge in [-0.1, -0.05) is 12.1 Å².